The number of hydrogen-bond donors (Lipinski definition) is 3. The summed E-state index contributed by atoms with van der Waals surface area (Å²) >= 11 is 0. The van der Waals surface area contributed by atoms with E-state index in [2.05, 4.69) is 25.8 Å². The molecule has 2 heterocycles. The highest BCUT2D eigenvalue weighted by Gasteiger charge is 2.37. The summed E-state index contributed by atoms with van der Waals surface area (Å²) in [5.41, 5.74) is 0. The second kappa shape index (κ2) is 5.06. The molecule has 0 spiro atoms. The Hall–Kier alpha value is -1.43. The van der Waals surface area contributed by atoms with Crippen LogP contribution in [-0.4, -0.2) is 33.2 Å². The van der Waals surface area contributed by atoms with Crippen molar-refractivity contribution in [3.63, 3.8) is 0 Å². The van der Waals surface area contributed by atoms with Gasteiger partial charge in [-0.25, -0.2) is 4.98 Å². The lowest BCUT2D eigenvalue weighted by atomic mass is 9.85. The van der Waals surface area contributed by atoms with E-state index in [9.17, 15) is 4.79 Å². The smallest absolute Gasteiger partial charge is 0.237 e. The van der Waals surface area contributed by atoms with Gasteiger partial charge < -0.3 is 10.6 Å². The zero-order chi connectivity index (χ0) is 12.4. The summed E-state index contributed by atoms with van der Waals surface area (Å²) in [6.45, 7) is 0.423. The van der Waals surface area contributed by atoms with Crippen LogP contribution in [0.25, 0.3) is 0 Å². The Balaban J connectivity index is 1.51. The number of amides is 1. The Morgan fingerprint density at radius 3 is 3.11 bits per heavy atom. The summed E-state index contributed by atoms with van der Waals surface area (Å²) in [7, 11) is 0. The molecule has 3 unspecified atom stereocenters. The van der Waals surface area contributed by atoms with Crippen molar-refractivity contribution in [2.24, 2.45) is 5.92 Å². The van der Waals surface area contributed by atoms with Crippen LogP contribution in [0.4, 0.5) is 0 Å². The van der Waals surface area contributed by atoms with Gasteiger partial charge in [-0.1, -0.05) is 12.8 Å². The maximum absolute atomic E-state index is 12.0. The first kappa shape index (κ1) is 11.6. The molecule has 3 rings (SSSR count). The monoisotopic (exact) mass is 249 g/mol. The average molecular weight is 249 g/mol. The fourth-order valence-corrected chi connectivity index (χ4v) is 3.13. The molecular weight excluding hydrogens is 230 g/mol. The summed E-state index contributed by atoms with van der Waals surface area (Å²) in [6.07, 6.45) is 7.52. The third-order valence-corrected chi connectivity index (χ3v) is 4.07. The summed E-state index contributed by atoms with van der Waals surface area (Å²) in [5.74, 6) is 1.47. The highest BCUT2D eigenvalue weighted by molar-refractivity contribution is 5.82. The van der Waals surface area contributed by atoms with Crippen molar-refractivity contribution >= 4 is 5.91 Å². The zero-order valence-corrected chi connectivity index (χ0v) is 10.4. The number of aromatic nitrogens is 3. The molecule has 0 aromatic carbocycles. The second-order valence-corrected chi connectivity index (χ2v) is 5.26. The standard InChI is InChI=1S/C12H19N5O/c18-12(13-6-11-14-7-15-17-11)10-5-8-3-1-2-4-9(8)16-10/h7-10,16H,1-6H2,(H,13,18)(H,14,15,17). The van der Waals surface area contributed by atoms with Gasteiger partial charge >= 0.3 is 0 Å². The Morgan fingerprint density at radius 1 is 1.44 bits per heavy atom. The number of fused-ring (bicyclic) bond motifs is 1. The predicted molar refractivity (Wildman–Crippen MR) is 65.5 cm³/mol. The zero-order valence-electron chi connectivity index (χ0n) is 10.4. The molecule has 3 atom stereocenters. The van der Waals surface area contributed by atoms with Crippen LogP contribution < -0.4 is 10.6 Å². The third-order valence-electron chi connectivity index (χ3n) is 4.07. The Morgan fingerprint density at radius 2 is 2.33 bits per heavy atom. The van der Waals surface area contributed by atoms with Gasteiger partial charge in [0.1, 0.15) is 12.2 Å². The summed E-state index contributed by atoms with van der Waals surface area (Å²) in [6, 6.07) is 0.529. The van der Waals surface area contributed by atoms with Crippen LogP contribution in [0.3, 0.4) is 0 Å². The van der Waals surface area contributed by atoms with Crippen LogP contribution in [0.5, 0.6) is 0 Å². The van der Waals surface area contributed by atoms with Crippen molar-refractivity contribution in [3.05, 3.63) is 12.2 Å². The minimum Gasteiger partial charge on any atom is -0.347 e. The van der Waals surface area contributed by atoms with Crippen molar-refractivity contribution in [1.82, 2.24) is 25.8 Å². The number of hydrogen-bond acceptors (Lipinski definition) is 4. The lowest BCUT2D eigenvalue weighted by Crippen LogP contribution is -2.43. The molecular formula is C12H19N5O. The molecule has 1 aliphatic heterocycles. The number of carbonyl (C=O) groups excluding carboxylic acids is 1. The number of rotatable bonds is 3. The fraction of sp³-hybridized carbons (Fsp3) is 0.750. The van der Waals surface area contributed by atoms with Crippen LogP contribution in [-0.2, 0) is 11.3 Å². The molecule has 1 amide bonds. The highest BCUT2D eigenvalue weighted by atomic mass is 16.2. The first-order chi connectivity index (χ1) is 8.83. The molecule has 1 aromatic heterocycles. The maximum Gasteiger partial charge on any atom is 0.237 e. The first-order valence-corrected chi connectivity index (χ1v) is 6.71. The van der Waals surface area contributed by atoms with Gasteiger partial charge in [-0.3, -0.25) is 9.89 Å². The molecule has 1 aromatic rings. The first-order valence-electron chi connectivity index (χ1n) is 6.71. The largest absolute Gasteiger partial charge is 0.347 e. The van der Waals surface area contributed by atoms with E-state index >= 15 is 0 Å². The lowest BCUT2D eigenvalue weighted by Gasteiger charge is -2.24. The van der Waals surface area contributed by atoms with E-state index in [0.717, 1.165) is 6.42 Å². The SMILES string of the molecule is O=C(NCc1ncn[nH]1)C1CC2CCCCC2N1. The minimum absolute atomic E-state index is 0.0268. The molecule has 6 nitrogen and oxygen atoms in total. The summed E-state index contributed by atoms with van der Waals surface area (Å²) < 4.78 is 0. The molecule has 1 saturated carbocycles. The molecule has 0 bridgehead atoms. The molecule has 1 aliphatic carbocycles. The van der Waals surface area contributed by atoms with E-state index in [1.807, 2.05) is 0 Å². The normalized spacial score (nSPS) is 31.0. The number of nitrogens with zero attached hydrogens (tertiary/aromatic N) is 2. The number of carbonyl (C=O) groups is 1. The molecule has 3 N–H and O–H groups in total. The van der Waals surface area contributed by atoms with E-state index in [1.165, 1.54) is 32.0 Å². The summed E-state index contributed by atoms with van der Waals surface area (Å²) in [5, 5.41) is 12.9. The van der Waals surface area contributed by atoms with Gasteiger partial charge in [0, 0.05) is 6.04 Å². The third kappa shape index (κ3) is 2.38. The van der Waals surface area contributed by atoms with Crippen LogP contribution in [0.1, 0.15) is 37.9 Å². The molecule has 18 heavy (non-hydrogen) atoms. The minimum atomic E-state index is -0.0268. The molecule has 2 fully saturated rings. The number of nitrogens with one attached hydrogen (secondary N) is 3. The highest BCUT2D eigenvalue weighted by Crippen LogP contribution is 2.33. The summed E-state index contributed by atoms with van der Waals surface area (Å²) in [4.78, 5) is 16.0. The van der Waals surface area contributed by atoms with Crippen molar-refractivity contribution in [1.29, 1.82) is 0 Å². The second-order valence-electron chi connectivity index (χ2n) is 5.26. The van der Waals surface area contributed by atoms with Gasteiger partial charge in [-0.2, -0.15) is 5.10 Å². The fourth-order valence-electron chi connectivity index (χ4n) is 3.13. The molecule has 98 valence electrons. The lowest BCUT2D eigenvalue weighted by molar-refractivity contribution is -0.123. The Bertz CT molecular complexity index is 391. The molecule has 1 saturated heterocycles. The van der Waals surface area contributed by atoms with Crippen LogP contribution in [0.15, 0.2) is 6.33 Å². The van der Waals surface area contributed by atoms with E-state index in [1.54, 1.807) is 0 Å². The maximum atomic E-state index is 12.0. The van der Waals surface area contributed by atoms with Crippen molar-refractivity contribution in [2.45, 2.75) is 50.7 Å². The van der Waals surface area contributed by atoms with Crippen molar-refractivity contribution in [2.75, 3.05) is 0 Å². The quantitative estimate of drug-likeness (QED) is 0.721. The number of H-pyrrole nitrogens is 1. The van der Waals surface area contributed by atoms with E-state index < -0.39 is 0 Å². The number of aromatic amines is 1. The predicted octanol–water partition coefficient (Wildman–Crippen LogP) is 0.342. The van der Waals surface area contributed by atoms with Gasteiger partial charge in [0.25, 0.3) is 0 Å². The van der Waals surface area contributed by atoms with E-state index in [0.29, 0.717) is 24.3 Å². The van der Waals surface area contributed by atoms with Gasteiger partial charge in [0.05, 0.1) is 12.6 Å². The Kier molecular flexibility index (Phi) is 3.27. The van der Waals surface area contributed by atoms with E-state index in [-0.39, 0.29) is 11.9 Å². The van der Waals surface area contributed by atoms with Crippen LogP contribution in [0.2, 0.25) is 0 Å². The topological polar surface area (TPSA) is 82.7 Å². The van der Waals surface area contributed by atoms with Gasteiger partial charge in [0.2, 0.25) is 5.91 Å². The van der Waals surface area contributed by atoms with Gasteiger partial charge in [0.15, 0.2) is 0 Å². The van der Waals surface area contributed by atoms with Gasteiger partial charge in [-0.05, 0) is 25.2 Å². The molecule has 2 aliphatic rings. The van der Waals surface area contributed by atoms with Crippen LogP contribution in [0, 0.1) is 5.92 Å². The Labute approximate surface area is 106 Å². The molecule has 6 heteroatoms. The van der Waals surface area contributed by atoms with Crippen molar-refractivity contribution in [3.8, 4) is 0 Å². The van der Waals surface area contributed by atoms with Crippen LogP contribution >= 0.6 is 0 Å². The average Bonchev–Trinajstić information content (AvgIpc) is 3.04. The van der Waals surface area contributed by atoms with Crippen molar-refractivity contribution < 1.29 is 4.79 Å². The molecule has 0 radical (unpaired) electrons. The van der Waals surface area contributed by atoms with E-state index in [4.69, 9.17) is 0 Å². The van der Waals surface area contributed by atoms with Gasteiger partial charge in [-0.15, -0.1) is 0 Å².